The van der Waals surface area contributed by atoms with Crippen LogP contribution in [-0.2, 0) is 6.42 Å². The third-order valence-electron chi connectivity index (χ3n) is 2.25. The normalized spacial score (nSPS) is 13.8. The van der Waals surface area contributed by atoms with Crippen LogP contribution < -0.4 is 0 Å². The predicted octanol–water partition coefficient (Wildman–Crippen LogP) is 3.73. The molecule has 0 radical (unpaired) electrons. The molecule has 1 nitrogen and oxygen atoms in total. The molecule has 96 valence electrons. The van der Waals surface area contributed by atoms with E-state index in [4.69, 9.17) is 11.6 Å². The van der Waals surface area contributed by atoms with E-state index in [1.807, 2.05) is 0 Å². The highest BCUT2D eigenvalue weighted by Crippen LogP contribution is 2.24. The van der Waals surface area contributed by atoms with Crippen molar-refractivity contribution in [3.05, 3.63) is 34.6 Å². The Hall–Kier alpha value is -0.810. The first-order valence-electron chi connectivity index (χ1n) is 4.97. The smallest absolute Gasteiger partial charge is 0.389 e. The maximum Gasteiger partial charge on any atom is 0.389 e. The quantitative estimate of drug-likeness (QED) is 0.827. The minimum Gasteiger partial charge on any atom is -0.393 e. The Morgan fingerprint density at radius 3 is 2.53 bits per heavy atom. The molecule has 1 aromatic rings. The molecule has 0 amide bonds. The predicted molar refractivity (Wildman–Crippen MR) is 56.4 cm³/mol. The lowest BCUT2D eigenvalue weighted by molar-refractivity contribution is -0.139. The largest absolute Gasteiger partial charge is 0.393 e. The molecule has 1 unspecified atom stereocenters. The van der Waals surface area contributed by atoms with Crippen molar-refractivity contribution in [1.82, 2.24) is 0 Å². The van der Waals surface area contributed by atoms with E-state index in [0.717, 1.165) is 0 Å². The number of aliphatic hydroxyl groups is 1. The molecule has 0 spiro atoms. The van der Waals surface area contributed by atoms with Gasteiger partial charge in [-0.05, 0) is 18.1 Å². The van der Waals surface area contributed by atoms with Gasteiger partial charge in [-0.25, -0.2) is 4.39 Å². The molecule has 1 rings (SSSR count). The number of alkyl halides is 3. The summed E-state index contributed by atoms with van der Waals surface area (Å²) in [4.78, 5) is 0. The highest BCUT2D eigenvalue weighted by Gasteiger charge is 2.28. The van der Waals surface area contributed by atoms with Crippen molar-refractivity contribution in [3.63, 3.8) is 0 Å². The van der Waals surface area contributed by atoms with Crippen molar-refractivity contribution in [2.24, 2.45) is 0 Å². The first kappa shape index (κ1) is 14.3. The van der Waals surface area contributed by atoms with Gasteiger partial charge in [0, 0.05) is 12.8 Å². The zero-order valence-corrected chi connectivity index (χ0v) is 9.52. The van der Waals surface area contributed by atoms with E-state index in [1.54, 1.807) is 0 Å². The van der Waals surface area contributed by atoms with Crippen molar-refractivity contribution in [2.75, 3.05) is 0 Å². The fourth-order valence-corrected chi connectivity index (χ4v) is 1.59. The van der Waals surface area contributed by atoms with Crippen LogP contribution in [-0.4, -0.2) is 17.4 Å². The molecule has 0 aromatic heterocycles. The summed E-state index contributed by atoms with van der Waals surface area (Å²) < 4.78 is 49.0. The lowest BCUT2D eigenvalue weighted by Gasteiger charge is -2.13. The molecule has 0 bridgehead atoms. The number of aliphatic hydroxyl groups excluding tert-OH is 1. The van der Waals surface area contributed by atoms with Crippen LogP contribution in [0.5, 0.6) is 0 Å². The molecule has 0 aliphatic rings. The minimum absolute atomic E-state index is 0.106. The van der Waals surface area contributed by atoms with Gasteiger partial charge < -0.3 is 5.11 Å². The molecular formula is C11H11ClF4O. The van der Waals surface area contributed by atoms with Gasteiger partial charge in [-0.1, -0.05) is 23.7 Å². The van der Waals surface area contributed by atoms with Crippen LogP contribution >= 0.6 is 11.6 Å². The maximum atomic E-state index is 13.4. The fraction of sp³-hybridized carbons (Fsp3) is 0.455. The standard InChI is InChI=1S/C11H11ClF4O/c12-9-3-1-2-7(10(9)13)6-8(17)4-5-11(14,15)16/h1-3,8,17H,4-6H2. The first-order chi connectivity index (χ1) is 7.79. The Kier molecular flexibility index (Phi) is 4.77. The summed E-state index contributed by atoms with van der Waals surface area (Å²) in [5, 5.41) is 9.27. The molecule has 1 atom stereocenters. The van der Waals surface area contributed by atoms with Gasteiger partial charge in [0.25, 0.3) is 0 Å². The van der Waals surface area contributed by atoms with Crippen LogP contribution in [0.25, 0.3) is 0 Å². The Bertz CT molecular complexity index is 378. The van der Waals surface area contributed by atoms with E-state index < -0.39 is 30.9 Å². The molecule has 1 N–H and O–H groups in total. The van der Waals surface area contributed by atoms with Gasteiger partial charge in [0.15, 0.2) is 0 Å². The molecule has 1 aromatic carbocycles. The van der Waals surface area contributed by atoms with Crippen molar-refractivity contribution >= 4 is 11.6 Å². The zero-order chi connectivity index (χ0) is 13.1. The van der Waals surface area contributed by atoms with Crippen molar-refractivity contribution < 1.29 is 22.7 Å². The summed E-state index contributed by atoms with van der Waals surface area (Å²) in [7, 11) is 0. The van der Waals surface area contributed by atoms with E-state index in [2.05, 4.69) is 0 Å². The monoisotopic (exact) mass is 270 g/mol. The second kappa shape index (κ2) is 5.69. The summed E-state index contributed by atoms with van der Waals surface area (Å²) in [5.41, 5.74) is 0.118. The van der Waals surface area contributed by atoms with E-state index >= 15 is 0 Å². The average molecular weight is 271 g/mol. The Morgan fingerprint density at radius 1 is 1.29 bits per heavy atom. The van der Waals surface area contributed by atoms with Crippen LogP contribution in [0.4, 0.5) is 17.6 Å². The molecule has 6 heteroatoms. The summed E-state index contributed by atoms with van der Waals surface area (Å²) in [6, 6.07) is 4.21. The summed E-state index contributed by atoms with van der Waals surface area (Å²) in [5.74, 6) is -0.694. The molecule has 0 saturated heterocycles. The van der Waals surface area contributed by atoms with Crippen LogP contribution in [0.1, 0.15) is 18.4 Å². The zero-order valence-electron chi connectivity index (χ0n) is 8.77. The second-order valence-corrected chi connectivity index (χ2v) is 4.13. The molecule has 0 aliphatic carbocycles. The van der Waals surface area contributed by atoms with Gasteiger partial charge in [-0.2, -0.15) is 13.2 Å². The van der Waals surface area contributed by atoms with Gasteiger partial charge >= 0.3 is 6.18 Å². The van der Waals surface area contributed by atoms with Crippen LogP contribution in [0.15, 0.2) is 18.2 Å². The highest BCUT2D eigenvalue weighted by atomic mass is 35.5. The van der Waals surface area contributed by atoms with Crippen molar-refractivity contribution in [3.8, 4) is 0 Å². The third kappa shape index (κ3) is 4.91. The number of rotatable bonds is 4. The minimum atomic E-state index is -4.31. The van der Waals surface area contributed by atoms with Crippen LogP contribution in [0.3, 0.4) is 0 Å². The molecule has 0 saturated carbocycles. The van der Waals surface area contributed by atoms with E-state index in [-0.39, 0.29) is 17.0 Å². The van der Waals surface area contributed by atoms with E-state index in [1.165, 1.54) is 18.2 Å². The maximum absolute atomic E-state index is 13.4. The van der Waals surface area contributed by atoms with Crippen molar-refractivity contribution in [2.45, 2.75) is 31.5 Å². The number of halogens is 5. The van der Waals surface area contributed by atoms with Crippen LogP contribution in [0, 0.1) is 5.82 Å². The van der Waals surface area contributed by atoms with Gasteiger partial charge in [0.2, 0.25) is 0 Å². The molecule has 0 fully saturated rings. The molecule has 0 aliphatic heterocycles. The van der Waals surface area contributed by atoms with Gasteiger partial charge in [0.1, 0.15) is 5.82 Å². The molecule has 0 heterocycles. The third-order valence-corrected chi connectivity index (χ3v) is 2.54. The van der Waals surface area contributed by atoms with Crippen molar-refractivity contribution in [1.29, 1.82) is 0 Å². The second-order valence-electron chi connectivity index (χ2n) is 3.72. The average Bonchev–Trinajstić information content (AvgIpc) is 2.21. The number of hydrogen-bond acceptors (Lipinski definition) is 1. The Labute approximate surface area is 101 Å². The lowest BCUT2D eigenvalue weighted by atomic mass is 10.0. The number of hydrogen-bond donors (Lipinski definition) is 1. The highest BCUT2D eigenvalue weighted by molar-refractivity contribution is 6.30. The van der Waals surface area contributed by atoms with Crippen LogP contribution in [0.2, 0.25) is 5.02 Å². The number of benzene rings is 1. The fourth-order valence-electron chi connectivity index (χ4n) is 1.39. The van der Waals surface area contributed by atoms with Gasteiger partial charge in [-0.15, -0.1) is 0 Å². The summed E-state index contributed by atoms with van der Waals surface area (Å²) >= 11 is 5.51. The van der Waals surface area contributed by atoms with E-state index in [9.17, 15) is 22.7 Å². The topological polar surface area (TPSA) is 20.2 Å². The SMILES string of the molecule is OC(CCC(F)(F)F)Cc1cccc(Cl)c1F. The van der Waals surface area contributed by atoms with E-state index in [0.29, 0.717) is 0 Å². The Balaban J connectivity index is 2.56. The summed E-state index contributed by atoms with van der Waals surface area (Å²) in [6.07, 6.45) is -7.26. The lowest BCUT2D eigenvalue weighted by Crippen LogP contribution is -2.17. The molecular weight excluding hydrogens is 260 g/mol. The van der Waals surface area contributed by atoms with Gasteiger partial charge in [0.05, 0.1) is 11.1 Å². The van der Waals surface area contributed by atoms with Gasteiger partial charge in [-0.3, -0.25) is 0 Å². The summed E-state index contributed by atoms with van der Waals surface area (Å²) in [6.45, 7) is 0. The first-order valence-corrected chi connectivity index (χ1v) is 5.35. The Morgan fingerprint density at radius 2 is 1.94 bits per heavy atom. The molecule has 17 heavy (non-hydrogen) atoms.